The molecule has 0 aliphatic rings. The Labute approximate surface area is 133 Å². The molecule has 1 heterocycles. The Hall–Kier alpha value is -1.36. The molecule has 0 saturated carbocycles. The molecule has 0 bridgehead atoms. The van der Waals surface area contributed by atoms with Crippen LogP contribution in [0.2, 0.25) is 10.0 Å². The number of aromatic nitrogens is 2. The molecule has 21 heavy (non-hydrogen) atoms. The number of hydrogen-bond acceptors (Lipinski definition) is 1. The van der Waals surface area contributed by atoms with Crippen LogP contribution in [0.1, 0.15) is 5.82 Å². The van der Waals surface area contributed by atoms with Gasteiger partial charge in [0.2, 0.25) is 0 Å². The Balaban J connectivity index is 2.42. The summed E-state index contributed by atoms with van der Waals surface area (Å²) in [5, 5.41) is 0.744. The average molecular weight is 348 g/mol. The van der Waals surface area contributed by atoms with Crippen LogP contribution < -0.4 is 0 Å². The first-order valence-corrected chi connectivity index (χ1v) is 7.18. The minimum Gasteiger partial charge on any atom is -0.292 e. The first-order valence-electron chi connectivity index (χ1n) is 5.89. The van der Waals surface area contributed by atoms with Crippen molar-refractivity contribution in [2.45, 2.75) is 5.88 Å². The van der Waals surface area contributed by atoms with Crippen molar-refractivity contribution in [2.75, 3.05) is 0 Å². The van der Waals surface area contributed by atoms with Crippen molar-refractivity contribution in [2.24, 2.45) is 0 Å². The minimum atomic E-state index is -0.993. The number of alkyl halides is 1. The van der Waals surface area contributed by atoms with Gasteiger partial charge in [0.05, 0.1) is 17.1 Å². The molecule has 0 unspecified atom stereocenters. The largest absolute Gasteiger partial charge is 0.292 e. The first-order chi connectivity index (χ1) is 10.0. The molecule has 0 fully saturated rings. The predicted octanol–water partition coefficient (Wildman–Crippen LogP) is 5.35. The number of halogens is 5. The van der Waals surface area contributed by atoms with Crippen molar-refractivity contribution in [1.82, 2.24) is 9.55 Å². The maximum absolute atomic E-state index is 14.2. The van der Waals surface area contributed by atoms with E-state index in [0.29, 0.717) is 27.1 Å². The van der Waals surface area contributed by atoms with Crippen molar-refractivity contribution in [3.63, 3.8) is 0 Å². The van der Waals surface area contributed by atoms with Crippen LogP contribution in [-0.2, 0) is 5.88 Å². The van der Waals surface area contributed by atoms with Gasteiger partial charge in [-0.2, -0.15) is 0 Å². The predicted molar refractivity (Wildman–Crippen MR) is 80.6 cm³/mol. The lowest BCUT2D eigenvalue weighted by atomic mass is 10.2. The molecule has 108 valence electrons. The molecule has 0 saturated heterocycles. The molecule has 0 spiro atoms. The van der Waals surface area contributed by atoms with E-state index in [-0.39, 0.29) is 11.4 Å². The van der Waals surface area contributed by atoms with Gasteiger partial charge < -0.3 is 0 Å². The summed E-state index contributed by atoms with van der Waals surface area (Å²) < 4.78 is 29.1. The monoisotopic (exact) mass is 346 g/mol. The number of rotatable bonds is 2. The zero-order chi connectivity index (χ0) is 15.1. The van der Waals surface area contributed by atoms with Gasteiger partial charge in [-0.05, 0) is 30.3 Å². The second-order valence-electron chi connectivity index (χ2n) is 4.35. The van der Waals surface area contributed by atoms with Gasteiger partial charge in [-0.25, -0.2) is 13.8 Å². The van der Waals surface area contributed by atoms with E-state index >= 15 is 0 Å². The normalized spacial score (nSPS) is 11.3. The van der Waals surface area contributed by atoms with E-state index in [2.05, 4.69) is 4.98 Å². The van der Waals surface area contributed by atoms with E-state index in [1.54, 1.807) is 18.2 Å². The Kier molecular flexibility index (Phi) is 3.78. The highest BCUT2D eigenvalue weighted by atomic mass is 35.5. The number of nitrogens with zero attached hydrogens (tertiary/aromatic N) is 2. The van der Waals surface area contributed by atoms with Crippen LogP contribution in [0.4, 0.5) is 8.78 Å². The molecule has 0 N–H and O–H groups in total. The minimum absolute atomic E-state index is 0.00369. The van der Waals surface area contributed by atoms with Crippen molar-refractivity contribution in [1.29, 1.82) is 0 Å². The van der Waals surface area contributed by atoms with E-state index in [4.69, 9.17) is 34.8 Å². The van der Waals surface area contributed by atoms with Gasteiger partial charge in [-0.3, -0.25) is 4.57 Å². The van der Waals surface area contributed by atoms with Gasteiger partial charge in [0.25, 0.3) is 0 Å². The Morgan fingerprint density at radius 3 is 2.33 bits per heavy atom. The third-order valence-corrected chi connectivity index (χ3v) is 3.68. The SMILES string of the molecule is Fc1ccc2nc(CCl)n(-c3cc(Cl)cc(Cl)c3)c2c1F. The third-order valence-electron chi connectivity index (χ3n) is 3.00. The van der Waals surface area contributed by atoms with E-state index in [0.717, 1.165) is 6.07 Å². The van der Waals surface area contributed by atoms with Crippen LogP contribution in [-0.4, -0.2) is 9.55 Å². The summed E-state index contributed by atoms with van der Waals surface area (Å²) in [6.07, 6.45) is 0. The highest BCUT2D eigenvalue weighted by Gasteiger charge is 2.18. The molecular formula is C14H7Cl3F2N2. The molecule has 7 heteroatoms. The number of imidazole rings is 1. The number of benzene rings is 2. The third kappa shape index (κ3) is 2.48. The molecule has 0 amide bonds. The van der Waals surface area contributed by atoms with Crippen LogP contribution in [0.5, 0.6) is 0 Å². The molecule has 2 nitrogen and oxygen atoms in total. The number of hydrogen-bond donors (Lipinski definition) is 0. The van der Waals surface area contributed by atoms with Gasteiger partial charge in [-0.1, -0.05) is 23.2 Å². The molecule has 0 atom stereocenters. The summed E-state index contributed by atoms with van der Waals surface area (Å²) in [6, 6.07) is 7.12. The second kappa shape index (κ2) is 5.44. The lowest BCUT2D eigenvalue weighted by Crippen LogP contribution is -2.01. The quantitative estimate of drug-likeness (QED) is 0.571. The Bertz CT molecular complexity index is 826. The topological polar surface area (TPSA) is 17.8 Å². The van der Waals surface area contributed by atoms with Crippen LogP contribution >= 0.6 is 34.8 Å². The molecule has 0 aliphatic carbocycles. The summed E-state index contributed by atoms with van der Waals surface area (Å²) in [5.41, 5.74) is 0.778. The molecular weight excluding hydrogens is 341 g/mol. The zero-order valence-corrected chi connectivity index (χ0v) is 12.6. The van der Waals surface area contributed by atoms with Gasteiger partial charge in [0.1, 0.15) is 11.3 Å². The molecule has 0 radical (unpaired) electrons. The van der Waals surface area contributed by atoms with Crippen molar-refractivity contribution in [3.05, 3.63) is 57.8 Å². The summed E-state index contributed by atoms with van der Waals surface area (Å²) >= 11 is 17.8. The summed E-state index contributed by atoms with van der Waals surface area (Å²) in [7, 11) is 0. The summed E-state index contributed by atoms with van der Waals surface area (Å²) in [6.45, 7) is 0. The van der Waals surface area contributed by atoms with E-state index in [9.17, 15) is 8.78 Å². The molecule has 1 aromatic heterocycles. The fourth-order valence-electron chi connectivity index (χ4n) is 2.19. The lowest BCUT2D eigenvalue weighted by molar-refractivity contribution is 0.514. The summed E-state index contributed by atoms with van der Waals surface area (Å²) in [5.74, 6) is -1.56. The molecule has 3 aromatic rings. The highest BCUT2D eigenvalue weighted by molar-refractivity contribution is 6.34. The molecule has 2 aromatic carbocycles. The smallest absolute Gasteiger partial charge is 0.185 e. The van der Waals surface area contributed by atoms with E-state index < -0.39 is 11.6 Å². The Morgan fingerprint density at radius 2 is 1.71 bits per heavy atom. The lowest BCUT2D eigenvalue weighted by Gasteiger charge is -2.09. The maximum Gasteiger partial charge on any atom is 0.185 e. The van der Waals surface area contributed by atoms with Gasteiger partial charge >= 0.3 is 0 Å². The fourth-order valence-corrected chi connectivity index (χ4v) is 2.88. The van der Waals surface area contributed by atoms with Crippen LogP contribution in [0.3, 0.4) is 0 Å². The molecule has 0 aliphatic heterocycles. The van der Waals surface area contributed by atoms with Crippen LogP contribution in [0.25, 0.3) is 16.7 Å². The summed E-state index contributed by atoms with van der Waals surface area (Å²) in [4.78, 5) is 4.21. The standard InChI is InChI=1S/C14H7Cl3F2N2/c15-6-12-20-11-2-1-10(18)13(19)14(11)21(12)9-4-7(16)3-8(17)5-9/h1-5H,6H2. The maximum atomic E-state index is 14.2. The van der Waals surface area contributed by atoms with Crippen molar-refractivity contribution >= 4 is 45.8 Å². The van der Waals surface area contributed by atoms with Crippen LogP contribution in [0.15, 0.2) is 30.3 Å². The van der Waals surface area contributed by atoms with Gasteiger partial charge in [0, 0.05) is 10.0 Å². The van der Waals surface area contributed by atoms with E-state index in [1.165, 1.54) is 10.6 Å². The highest BCUT2D eigenvalue weighted by Crippen LogP contribution is 2.29. The van der Waals surface area contributed by atoms with Gasteiger partial charge in [0.15, 0.2) is 11.6 Å². The fraction of sp³-hybridized carbons (Fsp3) is 0.0714. The van der Waals surface area contributed by atoms with Gasteiger partial charge in [-0.15, -0.1) is 11.6 Å². The average Bonchev–Trinajstić information content (AvgIpc) is 2.81. The Morgan fingerprint density at radius 1 is 1.05 bits per heavy atom. The second-order valence-corrected chi connectivity index (χ2v) is 5.49. The molecule has 3 rings (SSSR count). The number of fused-ring (bicyclic) bond motifs is 1. The zero-order valence-electron chi connectivity index (χ0n) is 10.4. The van der Waals surface area contributed by atoms with Crippen molar-refractivity contribution in [3.8, 4) is 5.69 Å². The van der Waals surface area contributed by atoms with Crippen LogP contribution in [0, 0.1) is 11.6 Å². The van der Waals surface area contributed by atoms with E-state index in [1.807, 2.05) is 0 Å². The first kappa shape index (κ1) is 14.6. The van der Waals surface area contributed by atoms with Crippen molar-refractivity contribution < 1.29 is 8.78 Å².